The summed E-state index contributed by atoms with van der Waals surface area (Å²) in [6.07, 6.45) is 4.27. The lowest BCUT2D eigenvalue weighted by Gasteiger charge is -2.02. The van der Waals surface area contributed by atoms with Crippen LogP contribution in [-0.2, 0) is 11.2 Å². The summed E-state index contributed by atoms with van der Waals surface area (Å²) in [4.78, 5) is 11.7. The minimum Gasteiger partial charge on any atom is -0.352 e. The first-order chi connectivity index (χ1) is 9.74. The highest BCUT2D eigenvalue weighted by molar-refractivity contribution is 5.91. The van der Waals surface area contributed by atoms with Crippen molar-refractivity contribution in [2.45, 2.75) is 13.3 Å². The van der Waals surface area contributed by atoms with Gasteiger partial charge in [0.05, 0.1) is 0 Å². The van der Waals surface area contributed by atoms with Gasteiger partial charge in [-0.05, 0) is 30.5 Å². The third kappa shape index (κ3) is 4.73. The highest BCUT2D eigenvalue weighted by Crippen LogP contribution is 2.05. The molecule has 0 radical (unpaired) electrons. The second-order valence-electron chi connectivity index (χ2n) is 4.77. The van der Waals surface area contributed by atoms with Crippen molar-refractivity contribution >= 4 is 12.0 Å². The van der Waals surface area contributed by atoms with Crippen LogP contribution in [0.1, 0.15) is 16.7 Å². The summed E-state index contributed by atoms with van der Waals surface area (Å²) in [5.41, 5.74) is 3.47. The van der Waals surface area contributed by atoms with E-state index in [1.165, 1.54) is 11.1 Å². The van der Waals surface area contributed by atoms with Crippen molar-refractivity contribution in [3.8, 4) is 0 Å². The first kappa shape index (κ1) is 14.1. The van der Waals surface area contributed by atoms with Crippen LogP contribution in [-0.4, -0.2) is 12.5 Å². The fraction of sp³-hybridized carbons (Fsp3) is 0.167. The van der Waals surface area contributed by atoms with E-state index in [1.54, 1.807) is 6.08 Å². The van der Waals surface area contributed by atoms with Gasteiger partial charge in [0, 0.05) is 12.6 Å². The summed E-state index contributed by atoms with van der Waals surface area (Å²) in [6, 6.07) is 18.2. The normalized spacial score (nSPS) is 10.7. The van der Waals surface area contributed by atoms with E-state index in [0.717, 1.165) is 12.0 Å². The monoisotopic (exact) mass is 265 g/mol. The van der Waals surface area contributed by atoms with Crippen molar-refractivity contribution in [2.24, 2.45) is 0 Å². The van der Waals surface area contributed by atoms with Gasteiger partial charge in [-0.25, -0.2) is 0 Å². The maximum absolute atomic E-state index is 11.7. The molecule has 0 aliphatic carbocycles. The predicted octanol–water partition coefficient (Wildman–Crippen LogP) is 3.37. The molecule has 0 fully saturated rings. The third-order valence-electron chi connectivity index (χ3n) is 3.03. The van der Waals surface area contributed by atoms with E-state index in [9.17, 15) is 4.79 Å². The Balaban J connectivity index is 1.78. The standard InChI is InChI=1S/C18H19NO/c1-15-6-5-9-17(14-15)10-11-18(20)19-13-12-16-7-3-2-4-8-16/h2-11,14H,12-13H2,1H3,(H,19,20)/b11-10+. The van der Waals surface area contributed by atoms with Gasteiger partial charge >= 0.3 is 0 Å². The number of carbonyl (C=O) groups is 1. The molecule has 0 atom stereocenters. The van der Waals surface area contributed by atoms with Crippen LogP contribution in [0.25, 0.3) is 6.08 Å². The quantitative estimate of drug-likeness (QED) is 0.825. The highest BCUT2D eigenvalue weighted by atomic mass is 16.1. The number of rotatable bonds is 5. The predicted molar refractivity (Wildman–Crippen MR) is 83.4 cm³/mol. The molecule has 0 aliphatic heterocycles. The lowest BCUT2D eigenvalue weighted by atomic mass is 10.1. The van der Waals surface area contributed by atoms with Crippen molar-refractivity contribution in [1.82, 2.24) is 5.32 Å². The van der Waals surface area contributed by atoms with E-state index in [-0.39, 0.29) is 5.91 Å². The molecule has 1 amide bonds. The first-order valence-corrected chi connectivity index (χ1v) is 6.80. The van der Waals surface area contributed by atoms with Crippen LogP contribution in [0.4, 0.5) is 0 Å². The molecule has 0 heterocycles. The molecule has 0 aliphatic rings. The molecular weight excluding hydrogens is 246 g/mol. The Morgan fingerprint density at radius 2 is 1.90 bits per heavy atom. The topological polar surface area (TPSA) is 29.1 Å². The smallest absolute Gasteiger partial charge is 0.244 e. The van der Waals surface area contributed by atoms with Crippen molar-refractivity contribution in [3.05, 3.63) is 77.4 Å². The molecule has 2 rings (SSSR count). The number of hydrogen-bond donors (Lipinski definition) is 1. The van der Waals surface area contributed by atoms with E-state index in [4.69, 9.17) is 0 Å². The summed E-state index contributed by atoms with van der Waals surface area (Å²) in [5.74, 6) is -0.0533. The van der Waals surface area contributed by atoms with Crippen LogP contribution >= 0.6 is 0 Å². The highest BCUT2D eigenvalue weighted by Gasteiger charge is 1.96. The van der Waals surface area contributed by atoms with Gasteiger partial charge in [0.1, 0.15) is 0 Å². The minimum absolute atomic E-state index is 0.0533. The largest absolute Gasteiger partial charge is 0.352 e. The van der Waals surface area contributed by atoms with Gasteiger partial charge in [-0.15, -0.1) is 0 Å². The van der Waals surface area contributed by atoms with Gasteiger partial charge in [-0.1, -0.05) is 60.2 Å². The van der Waals surface area contributed by atoms with Gasteiger partial charge in [0.2, 0.25) is 5.91 Å². The van der Waals surface area contributed by atoms with Crippen molar-refractivity contribution < 1.29 is 4.79 Å². The molecule has 0 saturated heterocycles. The maximum Gasteiger partial charge on any atom is 0.244 e. The Morgan fingerprint density at radius 3 is 2.65 bits per heavy atom. The second-order valence-corrected chi connectivity index (χ2v) is 4.77. The molecule has 20 heavy (non-hydrogen) atoms. The molecule has 2 aromatic carbocycles. The summed E-state index contributed by atoms with van der Waals surface area (Å²) in [6.45, 7) is 2.69. The summed E-state index contributed by atoms with van der Waals surface area (Å²) >= 11 is 0. The molecule has 2 heteroatoms. The lowest BCUT2D eigenvalue weighted by molar-refractivity contribution is -0.116. The van der Waals surface area contributed by atoms with Crippen LogP contribution in [0.15, 0.2) is 60.7 Å². The fourth-order valence-corrected chi connectivity index (χ4v) is 1.98. The van der Waals surface area contributed by atoms with Gasteiger partial charge in [0.15, 0.2) is 0 Å². The number of amides is 1. The average Bonchev–Trinajstić information content (AvgIpc) is 2.46. The van der Waals surface area contributed by atoms with E-state index in [0.29, 0.717) is 6.54 Å². The molecule has 0 saturated carbocycles. The number of aryl methyl sites for hydroxylation is 1. The number of nitrogens with one attached hydrogen (secondary N) is 1. The molecule has 2 aromatic rings. The molecule has 1 N–H and O–H groups in total. The first-order valence-electron chi connectivity index (χ1n) is 6.80. The molecule has 0 bridgehead atoms. The minimum atomic E-state index is -0.0533. The Bertz CT molecular complexity index is 587. The summed E-state index contributed by atoms with van der Waals surface area (Å²) in [7, 11) is 0. The second kappa shape index (κ2) is 7.29. The fourth-order valence-electron chi connectivity index (χ4n) is 1.98. The van der Waals surface area contributed by atoms with Crippen LogP contribution in [0, 0.1) is 6.92 Å². The summed E-state index contributed by atoms with van der Waals surface area (Å²) < 4.78 is 0. The molecular formula is C18H19NO. The molecule has 0 spiro atoms. The zero-order valence-electron chi connectivity index (χ0n) is 11.7. The Labute approximate surface area is 120 Å². The van der Waals surface area contributed by atoms with Crippen molar-refractivity contribution in [2.75, 3.05) is 6.54 Å². The van der Waals surface area contributed by atoms with Crippen LogP contribution in [0.2, 0.25) is 0 Å². The van der Waals surface area contributed by atoms with Gasteiger partial charge in [0.25, 0.3) is 0 Å². The zero-order chi connectivity index (χ0) is 14.2. The number of hydrogen-bond acceptors (Lipinski definition) is 1. The maximum atomic E-state index is 11.7. The third-order valence-corrected chi connectivity index (χ3v) is 3.03. The number of carbonyl (C=O) groups excluding carboxylic acids is 1. The lowest BCUT2D eigenvalue weighted by Crippen LogP contribution is -2.23. The van der Waals surface area contributed by atoms with Gasteiger partial charge < -0.3 is 5.32 Å². The molecule has 102 valence electrons. The summed E-state index contributed by atoms with van der Waals surface area (Å²) in [5, 5.41) is 2.89. The van der Waals surface area contributed by atoms with Gasteiger partial charge in [-0.3, -0.25) is 4.79 Å². The molecule has 2 nitrogen and oxygen atoms in total. The Hall–Kier alpha value is -2.35. The Morgan fingerprint density at radius 1 is 1.10 bits per heavy atom. The SMILES string of the molecule is Cc1cccc(/C=C/C(=O)NCCc2ccccc2)c1. The zero-order valence-corrected chi connectivity index (χ0v) is 11.7. The van der Waals surface area contributed by atoms with Gasteiger partial charge in [-0.2, -0.15) is 0 Å². The Kier molecular flexibility index (Phi) is 5.13. The van der Waals surface area contributed by atoms with Crippen molar-refractivity contribution in [3.63, 3.8) is 0 Å². The molecule has 0 aromatic heterocycles. The van der Waals surface area contributed by atoms with Crippen LogP contribution < -0.4 is 5.32 Å². The van der Waals surface area contributed by atoms with E-state index >= 15 is 0 Å². The molecule has 0 unspecified atom stereocenters. The number of benzene rings is 2. The van der Waals surface area contributed by atoms with Crippen LogP contribution in [0.5, 0.6) is 0 Å². The van der Waals surface area contributed by atoms with Crippen molar-refractivity contribution in [1.29, 1.82) is 0 Å². The van der Waals surface area contributed by atoms with E-state index in [2.05, 4.69) is 17.4 Å². The van der Waals surface area contributed by atoms with E-state index < -0.39 is 0 Å². The van der Waals surface area contributed by atoms with Crippen LogP contribution in [0.3, 0.4) is 0 Å². The average molecular weight is 265 g/mol. The van der Waals surface area contributed by atoms with E-state index in [1.807, 2.05) is 55.5 Å².